The third-order valence-electron chi connectivity index (χ3n) is 5.86. The molecule has 3 rings (SSSR count). The number of carbonyl (C=O) groups excluding carboxylic acids is 2. The first-order valence-corrected chi connectivity index (χ1v) is 12.6. The number of benzene rings is 2. The van der Waals surface area contributed by atoms with Gasteiger partial charge in [-0.3, -0.25) is 4.79 Å². The number of ether oxygens (including phenoxy) is 1. The molecule has 10 heteroatoms. The van der Waals surface area contributed by atoms with Crippen LogP contribution in [0.3, 0.4) is 0 Å². The number of rotatable bonds is 8. The van der Waals surface area contributed by atoms with Crippen molar-refractivity contribution >= 4 is 27.6 Å². The van der Waals surface area contributed by atoms with Crippen LogP contribution in [-0.4, -0.2) is 63.4 Å². The monoisotopic (exact) mass is 491 g/mol. The molecular weight excluding hydrogens is 461 g/mol. The maximum absolute atomic E-state index is 13.2. The van der Waals surface area contributed by atoms with Gasteiger partial charge in [-0.25, -0.2) is 17.6 Å². The second kappa shape index (κ2) is 11.0. The zero-order valence-corrected chi connectivity index (χ0v) is 20.3. The highest BCUT2D eigenvalue weighted by Crippen LogP contribution is 2.22. The van der Waals surface area contributed by atoms with Crippen LogP contribution in [0.1, 0.15) is 31.1 Å². The van der Waals surface area contributed by atoms with Gasteiger partial charge in [-0.1, -0.05) is 19.9 Å². The molecule has 0 spiro atoms. The van der Waals surface area contributed by atoms with Crippen LogP contribution >= 0.6 is 0 Å². The number of hydrogen-bond acceptors (Lipinski definition) is 6. The fourth-order valence-electron chi connectivity index (χ4n) is 3.45. The van der Waals surface area contributed by atoms with Gasteiger partial charge in [0.15, 0.2) is 6.61 Å². The smallest absolute Gasteiger partial charge is 0.338 e. The molecule has 1 N–H and O–H groups in total. The predicted molar refractivity (Wildman–Crippen MR) is 127 cm³/mol. The number of hydrogen-bond donors (Lipinski definition) is 1. The van der Waals surface area contributed by atoms with E-state index in [0.29, 0.717) is 13.1 Å². The van der Waals surface area contributed by atoms with Crippen LogP contribution in [-0.2, 0) is 19.6 Å². The number of sulfonamides is 1. The fourth-order valence-corrected chi connectivity index (χ4v) is 4.92. The van der Waals surface area contributed by atoms with Gasteiger partial charge < -0.3 is 15.0 Å². The Labute approximate surface area is 199 Å². The molecule has 1 saturated heterocycles. The maximum Gasteiger partial charge on any atom is 0.338 e. The lowest BCUT2D eigenvalue weighted by atomic mass is 10.1. The number of halogens is 1. The van der Waals surface area contributed by atoms with Crippen molar-refractivity contribution in [2.75, 3.05) is 37.7 Å². The summed E-state index contributed by atoms with van der Waals surface area (Å²) < 4.78 is 45.9. The summed E-state index contributed by atoms with van der Waals surface area (Å²) in [5.41, 5.74) is 0.880. The molecule has 2 aromatic rings. The topological polar surface area (TPSA) is 96.0 Å². The minimum Gasteiger partial charge on any atom is -0.452 e. The average molecular weight is 492 g/mol. The number of amides is 1. The van der Waals surface area contributed by atoms with E-state index in [2.05, 4.69) is 5.32 Å². The normalized spacial score (nSPS) is 15.7. The number of esters is 1. The van der Waals surface area contributed by atoms with Gasteiger partial charge in [0.05, 0.1) is 10.5 Å². The molecule has 34 heavy (non-hydrogen) atoms. The lowest BCUT2D eigenvalue weighted by Gasteiger charge is -2.35. The second-order valence-electron chi connectivity index (χ2n) is 8.57. The lowest BCUT2D eigenvalue weighted by molar-refractivity contribution is -0.125. The molecule has 1 aliphatic rings. The summed E-state index contributed by atoms with van der Waals surface area (Å²) in [4.78, 5) is 26.3. The van der Waals surface area contributed by atoms with Crippen molar-refractivity contribution in [2.45, 2.75) is 31.7 Å². The Balaban J connectivity index is 1.61. The minimum absolute atomic E-state index is 0.0185. The van der Waals surface area contributed by atoms with Crippen molar-refractivity contribution in [1.82, 2.24) is 9.62 Å². The highest BCUT2D eigenvalue weighted by atomic mass is 32.2. The quantitative estimate of drug-likeness (QED) is 0.571. The van der Waals surface area contributed by atoms with E-state index < -0.39 is 28.5 Å². The Hall–Kier alpha value is -2.98. The molecule has 1 amide bonds. The van der Waals surface area contributed by atoms with Crippen LogP contribution in [0.15, 0.2) is 53.4 Å². The van der Waals surface area contributed by atoms with Crippen LogP contribution < -0.4 is 10.2 Å². The van der Waals surface area contributed by atoms with Crippen molar-refractivity contribution in [2.24, 2.45) is 5.92 Å². The van der Waals surface area contributed by atoms with Gasteiger partial charge in [-0.05, 0) is 55.3 Å². The highest BCUT2D eigenvalue weighted by molar-refractivity contribution is 7.89. The number of nitrogens with zero attached hydrogens (tertiary/aromatic N) is 2. The van der Waals surface area contributed by atoms with Crippen LogP contribution in [0.2, 0.25) is 0 Å². The molecule has 2 aromatic carbocycles. The van der Waals surface area contributed by atoms with E-state index in [1.165, 1.54) is 40.7 Å². The largest absolute Gasteiger partial charge is 0.452 e. The zero-order valence-electron chi connectivity index (χ0n) is 19.5. The van der Waals surface area contributed by atoms with E-state index in [1.807, 2.05) is 25.7 Å². The Morgan fingerprint density at radius 3 is 2.29 bits per heavy atom. The molecule has 1 heterocycles. The summed E-state index contributed by atoms with van der Waals surface area (Å²) in [5, 5.41) is 2.74. The third kappa shape index (κ3) is 6.32. The van der Waals surface area contributed by atoms with Gasteiger partial charge in [0.1, 0.15) is 5.82 Å². The van der Waals surface area contributed by atoms with Gasteiger partial charge in [-0.15, -0.1) is 0 Å². The molecule has 0 saturated carbocycles. The Bertz CT molecular complexity index is 1110. The number of nitrogens with one attached hydrogen (secondary N) is 1. The molecule has 1 aliphatic heterocycles. The molecule has 0 aromatic heterocycles. The van der Waals surface area contributed by atoms with Crippen molar-refractivity contribution in [3.63, 3.8) is 0 Å². The van der Waals surface area contributed by atoms with Crippen LogP contribution in [0.4, 0.5) is 10.1 Å². The van der Waals surface area contributed by atoms with Gasteiger partial charge >= 0.3 is 5.97 Å². The molecular formula is C24H30FN3O5S. The first-order valence-electron chi connectivity index (χ1n) is 11.1. The fraction of sp³-hybridized carbons (Fsp3) is 0.417. The van der Waals surface area contributed by atoms with Crippen LogP contribution in [0.25, 0.3) is 0 Å². The van der Waals surface area contributed by atoms with Gasteiger partial charge in [0, 0.05) is 37.9 Å². The van der Waals surface area contributed by atoms with Gasteiger partial charge in [0.2, 0.25) is 10.0 Å². The van der Waals surface area contributed by atoms with E-state index in [9.17, 15) is 22.4 Å². The van der Waals surface area contributed by atoms with Crippen molar-refractivity contribution < 1.29 is 27.1 Å². The highest BCUT2D eigenvalue weighted by Gasteiger charge is 2.29. The first-order chi connectivity index (χ1) is 16.1. The molecule has 0 radical (unpaired) electrons. The summed E-state index contributed by atoms with van der Waals surface area (Å²) in [7, 11) is -3.83. The number of piperazine rings is 1. The molecule has 1 atom stereocenters. The van der Waals surface area contributed by atoms with Gasteiger partial charge in [0.25, 0.3) is 5.91 Å². The number of anilines is 1. The summed E-state index contributed by atoms with van der Waals surface area (Å²) >= 11 is 0. The van der Waals surface area contributed by atoms with E-state index in [0.717, 1.165) is 5.69 Å². The van der Waals surface area contributed by atoms with E-state index >= 15 is 0 Å². The van der Waals surface area contributed by atoms with Crippen molar-refractivity contribution in [1.29, 1.82) is 0 Å². The Kier molecular flexibility index (Phi) is 8.27. The molecule has 1 unspecified atom stereocenters. The van der Waals surface area contributed by atoms with E-state index in [4.69, 9.17) is 4.74 Å². The first kappa shape index (κ1) is 25.6. The molecule has 0 bridgehead atoms. The second-order valence-corrected chi connectivity index (χ2v) is 10.5. The molecule has 8 nitrogen and oxygen atoms in total. The summed E-state index contributed by atoms with van der Waals surface area (Å²) in [5.74, 6) is -1.28. The Morgan fingerprint density at radius 2 is 1.68 bits per heavy atom. The molecule has 0 aliphatic carbocycles. The summed E-state index contributed by atoms with van der Waals surface area (Å²) in [6.45, 7) is 6.76. The lowest BCUT2D eigenvalue weighted by Crippen LogP contribution is -2.48. The zero-order chi connectivity index (χ0) is 24.9. The average Bonchev–Trinajstić information content (AvgIpc) is 2.83. The minimum atomic E-state index is -3.83. The summed E-state index contributed by atoms with van der Waals surface area (Å²) in [6.07, 6.45) is 0. The predicted octanol–water partition coefficient (Wildman–Crippen LogP) is 2.65. The van der Waals surface area contributed by atoms with Crippen LogP contribution in [0.5, 0.6) is 0 Å². The standard InChI is InChI=1S/C24H30FN3O5S/c1-17(2)18(3)26-23(29)16-33-24(30)19-5-4-6-22(15-19)34(31,32)28-13-11-27(12-14-28)21-9-7-20(25)8-10-21/h4-10,15,17-18H,11-14,16H2,1-3H3,(H,26,29). The van der Waals surface area contributed by atoms with Crippen molar-refractivity contribution in [3.8, 4) is 0 Å². The van der Waals surface area contributed by atoms with E-state index in [-0.39, 0.29) is 41.3 Å². The maximum atomic E-state index is 13.2. The SMILES string of the molecule is CC(C)C(C)NC(=O)COC(=O)c1cccc(S(=O)(=O)N2CCN(c3ccc(F)cc3)CC2)c1. The summed E-state index contributed by atoms with van der Waals surface area (Å²) in [6, 6.07) is 11.6. The van der Waals surface area contributed by atoms with Gasteiger partial charge in [-0.2, -0.15) is 4.31 Å². The van der Waals surface area contributed by atoms with Crippen LogP contribution in [0, 0.1) is 11.7 Å². The van der Waals surface area contributed by atoms with Crippen molar-refractivity contribution in [3.05, 3.63) is 59.9 Å². The number of carbonyl (C=O) groups is 2. The Morgan fingerprint density at radius 1 is 1.03 bits per heavy atom. The molecule has 1 fully saturated rings. The third-order valence-corrected chi connectivity index (χ3v) is 7.76. The molecule has 184 valence electrons. The van der Waals surface area contributed by atoms with E-state index in [1.54, 1.807) is 12.1 Å².